The van der Waals surface area contributed by atoms with E-state index in [0.29, 0.717) is 6.61 Å². The molecular weight excluding hydrogens is 238 g/mol. The van der Waals surface area contributed by atoms with Crippen LogP contribution in [0.3, 0.4) is 0 Å². The molecule has 1 N–H and O–H groups in total. The molecule has 2 rings (SSSR count). The standard InChI is InChI=1S/C16H31NO2/c1-14-5-7-16(13-18,8-6-14)12-17(2)9-10-19-11-15-3-4-15/h14-15,18H,3-13H2,1-2H3. The van der Waals surface area contributed by atoms with Crippen LogP contribution >= 0.6 is 0 Å². The first-order valence-electron chi connectivity index (χ1n) is 8.01. The first-order valence-corrected chi connectivity index (χ1v) is 8.01. The number of ether oxygens (including phenoxy) is 1. The van der Waals surface area contributed by atoms with Crippen molar-refractivity contribution in [3.8, 4) is 0 Å². The van der Waals surface area contributed by atoms with Gasteiger partial charge in [0.15, 0.2) is 0 Å². The van der Waals surface area contributed by atoms with E-state index in [1.807, 2.05) is 0 Å². The highest BCUT2D eigenvalue weighted by Gasteiger charge is 2.34. The molecule has 0 bridgehead atoms. The summed E-state index contributed by atoms with van der Waals surface area (Å²) in [5, 5.41) is 9.77. The predicted molar refractivity (Wildman–Crippen MR) is 78.2 cm³/mol. The number of likely N-dealkylation sites (N-methyl/N-ethyl adjacent to an activating group) is 1. The largest absolute Gasteiger partial charge is 0.396 e. The summed E-state index contributed by atoms with van der Waals surface area (Å²) in [6.45, 7) is 6.47. The van der Waals surface area contributed by atoms with Crippen molar-refractivity contribution in [2.75, 3.05) is 40.0 Å². The molecule has 0 aliphatic heterocycles. The average molecular weight is 269 g/mol. The van der Waals surface area contributed by atoms with Crippen LogP contribution in [0, 0.1) is 17.3 Å². The van der Waals surface area contributed by atoms with Crippen LogP contribution in [0.4, 0.5) is 0 Å². The van der Waals surface area contributed by atoms with Crippen molar-refractivity contribution in [3.63, 3.8) is 0 Å². The fraction of sp³-hybridized carbons (Fsp3) is 1.00. The van der Waals surface area contributed by atoms with Gasteiger partial charge in [0.05, 0.1) is 6.61 Å². The summed E-state index contributed by atoms with van der Waals surface area (Å²) in [7, 11) is 2.16. The molecule has 0 atom stereocenters. The monoisotopic (exact) mass is 269 g/mol. The molecule has 2 aliphatic carbocycles. The second-order valence-corrected chi connectivity index (χ2v) is 7.10. The van der Waals surface area contributed by atoms with Gasteiger partial charge in [0.2, 0.25) is 0 Å². The van der Waals surface area contributed by atoms with Crippen molar-refractivity contribution in [1.82, 2.24) is 4.90 Å². The molecule has 0 spiro atoms. The normalized spacial score (nSPS) is 31.9. The second kappa shape index (κ2) is 7.05. The summed E-state index contributed by atoms with van der Waals surface area (Å²) < 4.78 is 5.70. The fourth-order valence-corrected chi connectivity index (χ4v) is 3.15. The number of aliphatic hydroxyl groups is 1. The van der Waals surface area contributed by atoms with Gasteiger partial charge in [0, 0.05) is 31.7 Å². The summed E-state index contributed by atoms with van der Waals surface area (Å²) >= 11 is 0. The molecule has 0 aromatic heterocycles. The Morgan fingerprint density at radius 1 is 1.21 bits per heavy atom. The average Bonchev–Trinajstić information content (AvgIpc) is 3.22. The van der Waals surface area contributed by atoms with Gasteiger partial charge in [-0.2, -0.15) is 0 Å². The lowest BCUT2D eigenvalue weighted by Gasteiger charge is -2.40. The molecule has 0 amide bonds. The molecule has 0 radical (unpaired) electrons. The van der Waals surface area contributed by atoms with E-state index in [1.54, 1.807) is 0 Å². The summed E-state index contributed by atoms with van der Waals surface area (Å²) in [6.07, 6.45) is 7.62. The molecule has 3 heteroatoms. The van der Waals surface area contributed by atoms with Crippen LogP contribution in [0.15, 0.2) is 0 Å². The smallest absolute Gasteiger partial charge is 0.0593 e. The Kier molecular flexibility index (Phi) is 5.67. The summed E-state index contributed by atoms with van der Waals surface area (Å²) in [5.74, 6) is 1.70. The lowest BCUT2D eigenvalue weighted by molar-refractivity contribution is 0.0255. The van der Waals surface area contributed by atoms with Crippen molar-refractivity contribution in [3.05, 3.63) is 0 Å². The highest BCUT2D eigenvalue weighted by molar-refractivity contribution is 4.86. The molecule has 0 aromatic carbocycles. The van der Waals surface area contributed by atoms with Crippen LogP contribution in [-0.2, 0) is 4.74 Å². The zero-order chi connectivity index (χ0) is 13.7. The van der Waals surface area contributed by atoms with Gasteiger partial charge < -0.3 is 14.7 Å². The minimum atomic E-state index is 0.151. The Morgan fingerprint density at radius 2 is 1.89 bits per heavy atom. The lowest BCUT2D eigenvalue weighted by Crippen LogP contribution is -2.42. The SMILES string of the molecule is CC1CCC(CO)(CN(C)CCOCC2CC2)CC1. The fourth-order valence-electron chi connectivity index (χ4n) is 3.15. The molecule has 2 saturated carbocycles. The molecule has 3 nitrogen and oxygen atoms in total. The summed E-state index contributed by atoms with van der Waals surface area (Å²) in [4.78, 5) is 2.35. The van der Waals surface area contributed by atoms with Crippen molar-refractivity contribution in [1.29, 1.82) is 0 Å². The number of rotatable bonds is 8. The lowest BCUT2D eigenvalue weighted by atomic mass is 9.71. The van der Waals surface area contributed by atoms with Gasteiger partial charge in [-0.15, -0.1) is 0 Å². The molecule has 2 aliphatic rings. The molecule has 0 aromatic rings. The van der Waals surface area contributed by atoms with Crippen LogP contribution in [0.5, 0.6) is 0 Å². The van der Waals surface area contributed by atoms with Gasteiger partial charge in [-0.1, -0.05) is 19.8 Å². The van der Waals surface area contributed by atoms with Crippen LogP contribution in [0.2, 0.25) is 0 Å². The summed E-state index contributed by atoms with van der Waals surface area (Å²) in [5.41, 5.74) is 0.151. The molecular formula is C16H31NO2. The van der Waals surface area contributed by atoms with E-state index in [0.717, 1.165) is 38.1 Å². The Balaban J connectivity index is 1.64. The highest BCUT2D eigenvalue weighted by Crippen LogP contribution is 2.38. The van der Waals surface area contributed by atoms with Gasteiger partial charge >= 0.3 is 0 Å². The quantitative estimate of drug-likeness (QED) is 0.687. The first-order chi connectivity index (χ1) is 9.13. The van der Waals surface area contributed by atoms with E-state index >= 15 is 0 Å². The van der Waals surface area contributed by atoms with Crippen LogP contribution in [-0.4, -0.2) is 50.0 Å². The van der Waals surface area contributed by atoms with Crippen LogP contribution in [0.1, 0.15) is 45.4 Å². The molecule has 2 fully saturated rings. The third-order valence-corrected chi connectivity index (χ3v) is 4.94. The third kappa shape index (κ3) is 5.05. The minimum absolute atomic E-state index is 0.151. The molecule has 0 saturated heterocycles. The van der Waals surface area contributed by atoms with Crippen molar-refractivity contribution < 1.29 is 9.84 Å². The van der Waals surface area contributed by atoms with Crippen molar-refractivity contribution >= 4 is 0 Å². The predicted octanol–water partition coefficient (Wildman–Crippen LogP) is 2.53. The maximum absolute atomic E-state index is 9.77. The Labute approximate surface area is 118 Å². The third-order valence-electron chi connectivity index (χ3n) is 4.94. The Bertz CT molecular complexity index is 257. The maximum Gasteiger partial charge on any atom is 0.0593 e. The zero-order valence-electron chi connectivity index (χ0n) is 12.7. The maximum atomic E-state index is 9.77. The van der Waals surface area contributed by atoms with Crippen molar-refractivity contribution in [2.45, 2.75) is 45.4 Å². The van der Waals surface area contributed by atoms with E-state index in [4.69, 9.17) is 4.74 Å². The zero-order valence-corrected chi connectivity index (χ0v) is 12.7. The Hall–Kier alpha value is -0.120. The van der Waals surface area contributed by atoms with E-state index in [-0.39, 0.29) is 5.41 Å². The molecule has 112 valence electrons. The van der Waals surface area contributed by atoms with Gasteiger partial charge in [0.25, 0.3) is 0 Å². The number of nitrogens with zero attached hydrogens (tertiary/aromatic N) is 1. The van der Waals surface area contributed by atoms with E-state index in [1.165, 1.54) is 38.5 Å². The van der Waals surface area contributed by atoms with Gasteiger partial charge in [-0.25, -0.2) is 0 Å². The van der Waals surface area contributed by atoms with Gasteiger partial charge in [-0.3, -0.25) is 0 Å². The highest BCUT2D eigenvalue weighted by atomic mass is 16.5. The van der Waals surface area contributed by atoms with Crippen LogP contribution in [0.25, 0.3) is 0 Å². The van der Waals surface area contributed by atoms with E-state index in [2.05, 4.69) is 18.9 Å². The Morgan fingerprint density at radius 3 is 2.47 bits per heavy atom. The van der Waals surface area contributed by atoms with E-state index < -0.39 is 0 Å². The van der Waals surface area contributed by atoms with Gasteiger partial charge in [-0.05, 0) is 44.6 Å². The topological polar surface area (TPSA) is 32.7 Å². The van der Waals surface area contributed by atoms with Gasteiger partial charge in [0.1, 0.15) is 0 Å². The minimum Gasteiger partial charge on any atom is -0.396 e. The number of hydrogen-bond acceptors (Lipinski definition) is 3. The molecule has 0 heterocycles. The second-order valence-electron chi connectivity index (χ2n) is 7.10. The molecule has 0 unspecified atom stereocenters. The number of aliphatic hydroxyl groups excluding tert-OH is 1. The molecule has 19 heavy (non-hydrogen) atoms. The number of hydrogen-bond donors (Lipinski definition) is 1. The van der Waals surface area contributed by atoms with Crippen LogP contribution < -0.4 is 0 Å². The van der Waals surface area contributed by atoms with E-state index in [9.17, 15) is 5.11 Å². The first kappa shape index (κ1) is 15.3. The summed E-state index contributed by atoms with van der Waals surface area (Å²) in [6, 6.07) is 0. The van der Waals surface area contributed by atoms with Crippen molar-refractivity contribution in [2.24, 2.45) is 17.3 Å².